The molecule has 2 saturated carbocycles. The summed E-state index contributed by atoms with van der Waals surface area (Å²) in [5, 5.41) is 3.50. The number of rotatable bonds is 2. The lowest BCUT2D eigenvalue weighted by Crippen LogP contribution is -2.43. The van der Waals surface area contributed by atoms with Crippen molar-refractivity contribution in [2.75, 3.05) is 7.05 Å². The average Bonchev–Trinajstić information content (AvgIpc) is 2.68. The largest absolute Gasteiger partial charge is 0.317 e. The van der Waals surface area contributed by atoms with Crippen LogP contribution in [0.2, 0.25) is 0 Å². The van der Waals surface area contributed by atoms with Gasteiger partial charge in [0.15, 0.2) is 0 Å². The van der Waals surface area contributed by atoms with E-state index in [1.54, 1.807) is 0 Å². The van der Waals surface area contributed by atoms with Gasteiger partial charge in [0, 0.05) is 6.04 Å². The van der Waals surface area contributed by atoms with E-state index in [2.05, 4.69) is 26.2 Å². The second-order valence-electron chi connectivity index (χ2n) is 6.18. The molecule has 2 rings (SSSR count). The molecule has 0 heterocycles. The normalized spacial score (nSPS) is 35.2. The Morgan fingerprint density at radius 3 is 2.33 bits per heavy atom. The second kappa shape index (κ2) is 4.45. The molecular formula is C14H27N. The smallest absolute Gasteiger partial charge is 0.00672 e. The molecule has 1 N–H and O–H groups in total. The Hall–Kier alpha value is -0.0400. The molecule has 88 valence electrons. The summed E-state index contributed by atoms with van der Waals surface area (Å²) in [6, 6.07) is 0.795. The Bertz CT molecular complexity index is 203. The van der Waals surface area contributed by atoms with Crippen LogP contribution in [0.4, 0.5) is 0 Å². The van der Waals surface area contributed by atoms with Gasteiger partial charge in [-0.1, -0.05) is 26.7 Å². The van der Waals surface area contributed by atoms with Crippen LogP contribution in [0.25, 0.3) is 0 Å². The summed E-state index contributed by atoms with van der Waals surface area (Å²) < 4.78 is 0. The van der Waals surface area contributed by atoms with E-state index in [1.165, 1.54) is 44.9 Å². The minimum atomic E-state index is 0.752. The van der Waals surface area contributed by atoms with Gasteiger partial charge in [0.25, 0.3) is 0 Å². The maximum atomic E-state index is 3.50. The molecule has 1 spiro atoms. The molecule has 2 atom stereocenters. The molecule has 0 bridgehead atoms. The minimum Gasteiger partial charge on any atom is -0.317 e. The lowest BCUT2D eigenvalue weighted by molar-refractivity contribution is 0.0485. The van der Waals surface area contributed by atoms with Crippen LogP contribution in [0.5, 0.6) is 0 Å². The fraction of sp³-hybridized carbons (Fsp3) is 1.00. The van der Waals surface area contributed by atoms with Crippen molar-refractivity contribution in [1.29, 1.82) is 0 Å². The second-order valence-corrected chi connectivity index (χ2v) is 6.18. The molecule has 0 saturated heterocycles. The predicted octanol–water partition coefficient (Wildman–Crippen LogP) is 3.59. The Morgan fingerprint density at radius 1 is 1.13 bits per heavy atom. The molecule has 1 nitrogen and oxygen atoms in total. The monoisotopic (exact) mass is 209 g/mol. The Balaban J connectivity index is 2.10. The molecule has 0 aliphatic heterocycles. The van der Waals surface area contributed by atoms with Crippen molar-refractivity contribution in [2.45, 2.75) is 64.8 Å². The summed E-state index contributed by atoms with van der Waals surface area (Å²) in [5.41, 5.74) is 0.752. The van der Waals surface area contributed by atoms with Crippen molar-refractivity contribution in [3.05, 3.63) is 0 Å². The van der Waals surface area contributed by atoms with Crippen LogP contribution < -0.4 is 5.32 Å². The first-order chi connectivity index (χ1) is 7.18. The van der Waals surface area contributed by atoms with E-state index in [0.717, 1.165) is 23.3 Å². The standard InChI is InChI=1S/C14H27N/c1-11(2)13-10-12(15-3)6-9-14(13)7-4-5-8-14/h11-13,15H,4-10H2,1-3H3. The summed E-state index contributed by atoms with van der Waals surface area (Å²) >= 11 is 0. The van der Waals surface area contributed by atoms with Crippen molar-refractivity contribution >= 4 is 0 Å². The maximum Gasteiger partial charge on any atom is 0.00672 e. The highest BCUT2D eigenvalue weighted by Gasteiger charge is 2.45. The summed E-state index contributed by atoms with van der Waals surface area (Å²) in [6.07, 6.45) is 10.4. The van der Waals surface area contributed by atoms with E-state index in [-0.39, 0.29) is 0 Å². The average molecular weight is 209 g/mol. The Kier molecular flexibility index (Phi) is 3.39. The van der Waals surface area contributed by atoms with Gasteiger partial charge in [0.05, 0.1) is 0 Å². The highest BCUT2D eigenvalue weighted by molar-refractivity contribution is 4.97. The van der Waals surface area contributed by atoms with Gasteiger partial charge in [-0.2, -0.15) is 0 Å². The van der Waals surface area contributed by atoms with E-state index in [4.69, 9.17) is 0 Å². The van der Waals surface area contributed by atoms with Crippen molar-refractivity contribution in [1.82, 2.24) is 5.32 Å². The molecule has 1 heteroatoms. The van der Waals surface area contributed by atoms with Crippen LogP contribution in [0.3, 0.4) is 0 Å². The van der Waals surface area contributed by atoms with Gasteiger partial charge in [0.1, 0.15) is 0 Å². The lowest BCUT2D eigenvalue weighted by Gasteiger charge is -2.47. The van der Waals surface area contributed by atoms with Gasteiger partial charge in [-0.3, -0.25) is 0 Å². The summed E-state index contributed by atoms with van der Waals surface area (Å²) in [6.45, 7) is 4.87. The van der Waals surface area contributed by atoms with Gasteiger partial charge < -0.3 is 5.32 Å². The molecule has 0 aromatic heterocycles. The molecular weight excluding hydrogens is 182 g/mol. The Morgan fingerprint density at radius 2 is 1.80 bits per heavy atom. The first-order valence-corrected chi connectivity index (χ1v) is 6.85. The summed E-state index contributed by atoms with van der Waals surface area (Å²) in [4.78, 5) is 0. The first-order valence-electron chi connectivity index (χ1n) is 6.85. The lowest BCUT2D eigenvalue weighted by atomic mass is 9.60. The molecule has 2 unspecified atom stereocenters. The van der Waals surface area contributed by atoms with Crippen LogP contribution in [-0.2, 0) is 0 Å². The maximum absolute atomic E-state index is 3.50. The molecule has 15 heavy (non-hydrogen) atoms. The van der Waals surface area contributed by atoms with E-state index in [9.17, 15) is 0 Å². The number of nitrogens with one attached hydrogen (secondary N) is 1. The SMILES string of the molecule is CNC1CCC2(CCCC2)C(C(C)C)C1. The summed E-state index contributed by atoms with van der Waals surface area (Å²) in [5.74, 6) is 1.85. The van der Waals surface area contributed by atoms with E-state index < -0.39 is 0 Å². The third-order valence-corrected chi connectivity index (χ3v) is 5.13. The third kappa shape index (κ3) is 2.08. The Labute approximate surface area is 95.0 Å². The molecule has 2 fully saturated rings. The van der Waals surface area contributed by atoms with Crippen molar-refractivity contribution in [3.8, 4) is 0 Å². The topological polar surface area (TPSA) is 12.0 Å². The highest BCUT2D eigenvalue weighted by Crippen LogP contribution is 2.54. The first kappa shape index (κ1) is 11.4. The fourth-order valence-electron chi connectivity index (χ4n) is 4.26. The van der Waals surface area contributed by atoms with E-state index in [0.29, 0.717) is 0 Å². The van der Waals surface area contributed by atoms with Gasteiger partial charge >= 0.3 is 0 Å². The van der Waals surface area contributed by atoms with Crippen LogP contribution in [-0.4, -0.2) is 13.1 Å². The summed E-state index contributed by atoms with van der Waals surface area (Å²) in [7, 11) is 2.13. The number of hydrogen-bond acceptors (Lipinski definition) is 1. The zero-order chi connectivity index (χ0) is 10.9. The van der Waals surface area contributed by atoms with Crippen molar-refractivity contribution in [2.24, 2.45) is 17.3 Å². The molecule has 2 aliphatic carbocycles. The zero-order valence-corrected chi connectivity index (χ0v) is 10.7. The third-order valence-electron chi connectivity index (χ3n) is 5.13. The van der Waals surface area contributed by atoms with E-state index in [1.807, 2.05) is 0 Å². The van der Waals surface area contributed by atoms with E-state index >= 15 is 0 Å². The van der Waals surface area contributed by atoms with Crippen LogP contribution >= 0.6 is 0 Å². The van der Waals surface area contributed by atoms with Gasteiger partial charge in [-0.05, 0) is 56.4 Å². The minimum absolute atomic E-state index is 0.752. The molecule has 0 aromatic rings. The van der Waals surface area contributed by atoms with Gasteiger partial charge in [-0.25, -0.2) is 0 Å². The quantitative estimate of drug-likeness (QED) is 0.733. The molecule has 0 amide bonds. The van der Waals surface area contributed by atoms with Crippen LogP contribution in [0, 0.1) is 17.3 Å². The van der Waals surface area contributed by atoms with Crippen molar-refractivity contribution in [3.63, 3.8) is 0 Å². The van der Waals surface area contributed by atoms with Gasteiger partial charge in [0.2, 0.25) is 0 Å². The fourth-order valence-corrected chi connectivity index (χ4v) is 4.26. The number of hydrogen-bond donors (Lipinski definition) is 1. The molecule has 0 radical (unpaired) electrons. The molecule has 0 aromatic carbocycles. The highest BCUT2D eigenvalue weighted by atomic mass is 14.9. The molecule has 2 aliphatic rings. The van der Waals surface area contributed by atoms with Crippen LogP contribution in [0.15, 0.2) is 0 Å². The zero-order valence-electron chi connectivity index (χ0n) is 10.7. The van der Waals surface area contributed by atoms with Crippen molar-refractivity contribution < 1.29 is 0 Å². The van der Waals surface area contributed by atoms with Crippen LogP contribution in [0.1, 0.15) is 58.8 Å². The van der Waals surface area contributed by atoms with Gasteiger partial charge in [-0.15, -0.1) is 0 Å². The predicted molar refractivity (Wildman–Crippen MR) is 65.9 cm³/mol.